The van der Waals surface area contributed by atoms with E-state index in [1.54, 1.807) is 0 Å². The maximum Gasteiger partial charge on any atom is 0.0424 e. The van der Waals surface area contributed by atoms with E-state index in [0.717, 1.165) is 0 Å². The molecule has 0 saturated carbocycles. The Balaban J connectivity index is 2.43. The van der Waals surface area contributed by atoms with Gasteiger partial charge in [0, 0.05) is 11.5 Å². The van der Waals surface area contributed by atoms with Gasteiger partial charge in [0.1, 0.15) is 0 Å². The van der Waals surface area contributed by atoms with Crippen LogP contribution >= 0.6 is 0 Å². The highest BCUT2D eigenvalue weighted by Gasteiger charge is 2.31. The Hall–Kier alpha value is -1.60. The van der Waals surface area contributed by atoms with Crippen molar-refractivity contribution in [2.24, 2.45) is 11.7 Å². The summed E-state index contributed by atoms with van der Waals surface area (Å²) >= 11 is 0. The van der Waals surface area contributed by atoms with Crippen molar-refractivity contribution in [2.75, 3.05) is 0 Å². The minimum Gasteiger partial charge on any atom is -0.321 e. The largest absolute Gasteiger partial charge is 0.321 e. The fourth-order valence-electron chi connectivity index (χ4n) is 2.65. The first-order chi connectivity index (χ1) is 7.68. The van der Waals surface area contributed by atoms with Crippen molar-refractivity contribution < 1.29 is 0 Å². The summed E-state index contributed by atoms with van der Waals surface area (Å²) in [7, 11) is 0. The third-order valence-electron chi connectivity index (χ3n) is 3.43. The number of nitrogens with two attached hydrogens (primary N) is 1. The molecular weight excluding hydrogens is 194 g/mol. The topological polar surface area (TPSA) is 26.0 Å². The molecule has 0 radical (unpaired) electrons. The summed E-state index contributed by atoms with van der Waals surface area (Å²) in [6.07, 6.45) is 10.7. The molecule has 0 saturated heterocycles. The second-order valence-corrected chi connectivity index (χ2v) is 4.77. The number of hydrogen-bond acceptors (Lipinski definition) is 1. The number of hydrogen-bond donors (Lipinski definition) is 1. The monoisotopic (exact) mass is 209 g/mol. The highest BCUT2D eigenvalue weighted by molar-refractivity contribution is 5.70. The van der Waals surface area contributed by atoms with E-state index in [1.807, 2.05) is 0 Å². The Bertz CT molecular complexity index is 603. The van der Waals surface area contributed by atoms with Crippen molar-refractivity contribution >= 4 is 11.6 Å². The lowest BCUT2D eigenvalue weighted by molar-refractivity contribution is 0.533. The summed E-state index contributed by atoms with van der Waals surface area (Å²) in [6.45, 7) is 2.09. The zero-order chi connectivity index (χ0) is 11.2. The number of rotatable bonds is 0. The van der Waals surface area contributed by atoms with Crippen LogP contribution in [-0.2, 0) is 0 Å². The number of fused-ring (bicyclic) bond motifs is 2. The molecule has 1 heteroatoms. The van der Waals surface area contributed by atoms with Gasteiger partial charge in [0.05, 0.1) is 0 Å². The highest BCUT2D eigenvalue weighted by atomic mass is 14.7. The predicted octanol–water partition coefficient (Wildman–Crippen LogP) is 1.09. The Morgan fingerprint density at radius 3 is 2.88 bits per heavy atom. The van der Waals surface area contributed by atoms with Crippen LogP contribution in [0.4, 0.5) is 0 Å². The minimum atomic E-state index is -0.287. The van der Waals surface area contributed by atoms with Gasteiger partial charge in [0.2, 0.25) is 0 Å². The standard InChI is InChI=1S/C15H15N/c1-15(16)10-11-6-2-3-7-12(11)13-8-4-5-9-14(13)15/h2-10,14H,16H2,1H3. The van der Waals surface area contributed by atoms with E-state index in [1.165, 1.54) is 16.0 Å². The molecule has 0 fully saturated rings. The van der Waals surface area contributed by atoms with Crippen molar-refractivity contribution in [3.63, 3.8) is 0 Å². The van der Waals surface area contributed by atoms with Crippen LogP contribution in [0.2, 0.25) is 0 Å². The lowest BCUT2D eigenvalue weighted by Gasteiger charge is -2.34. The second kappa shape index (κ2) is 3.19. The molecule has 0 aromatic heterocycles. The third-order valence-corrected chi connectivity index (χ3v) is 3.43. The molecular formula is C15H15N. The lowest BCUT2D eigenvalue weighted by Crippen LogP contribution is -2.50. The van der Waals surface area contributed by atoms with E-state index in [9.17, 15) is 0 Å². The minimum absolute atomic E-state index is 0.287. The Morgan fingerprint density at radius 1 is 1.19 bits per heavy atom. The summed E-state index contributed by atoms with van der Waals surface area (Å²) in [4.78, 5) is 0. The molecule has 1 aromatic rings. The van der Waals surface area contributed by atoms with E-state index < -0.39 is 0 Å². The van der Waals surface area contributed by atoms with Crippen LogP contribution < -0.4 is 16.2 Å². The van der Waals surface area contributed by atoms with Gasteiger partial charge >= 0.3 is 0 Å². The fourth-order valence-corrected chi connectivity index (χ4v) is 2.65. The van der Waals surface area contributed by atoms with Crippen LogP contribution in [0.3, 0.4) is 0 Å². The Labute approximate surface area is 95.3 Å². The molecule has 1 nitrogen and oxygen atoms in total. The van der Waals surface area contributed by atoms with Gasteiger partial charge in [0.25, 0.3) is 0 Å². The van der Waals surface area contributed by atoms with Crippen LogP contribution in [0.5, 0.6) is 0 Å². The van der Waals surface area contributed by atoms with Gasteiger partial charge in [-0.15, -0.1) is 0 Å². The van der Waals surface area contributed by atoms with Gasteiger partial charge in [-0.2, -0.15) is 0 Å². The first kappa shape index (κ1) is 9.61. The molecule has 0 spiro atoms. The van der Waals surface area contributed by atoms with Crippen LogP contribution in [0, 0.1) is 5.92 Å². The molecule has 0 heterocycles. The Kier molecular flexibility index (Phi) is 1.92. The zero-order valence-electron chi connectivity index (χ0n) is 9.35. The maximum absolute atomic E-state index is 6.39. The van der Waals surface area contributed by atoms with E-state index in [2.05, 4.69) is 61.6 Å². The summed E-state index contributed by atoms with van der Waals surface area (Å²) in [5, 5.41) is 2.56. The molecule has 2 aliphatic carbocycles. The third kappa shape index (κ3) is 1.29. The predicted molar refractivity (Wildman–Crippen MR) is 67.9 cm³/mol. The SMILES string of the molecule is CC1(N)C=c2ccccc2=C2C=CC=CC21. The summed E-state index contributed by atoms with van der Waals surface area (Å²) in [5.41, 5.74) is 7.44. The molecule has 0 aliphatic heterocycles. The molecule has 3 rings (SSSR count). The van der Waals surface area contributed by atoms with Gasteiger partial charge in [0.15, 0.2) is 0 Å². The van der Waals surface area contributed by atoms with E-state index in [-0.39, 0.29) is 5.54 Å². The van der Waals surface area contributed by atoms with Crippen LogP contribution in [0.1, 0.15) is 6.92 Å². The highest BCUT2D eigenvalue weighted by Crippen LogP contribution is 2.30. The average molecular weight is 209 g/mol. The molecule has 0 amide bonds. The summed E-state index contributed by atoms with van der Waals surface area (Å²) < 4.78 is 0. The second-order valence-electron chi connectivity index (χ2n) is 4.77. The van der Waals surface area contributed by atoms with Gasteiger partial charge in [-0.1, -0.05) is 54.6 Å². The summed E-state index contributed by atoms with van der Waals surface area (Å²) in [5.74, 6) is 0.299. The van der Waals surface area contributed by atoms with Gasteiger partial charge in [-0.25, -0.2) is 0 Å². The van der Waals surface area contributed by atoms with Crippen molar-refractivity contribution in [2.45, 2.75) is 12.5 Å². The molecule has 1 aromatic carbocycles. The Morgan fingerprint density at radius 2 is 2.00 bits per heavy atom. The lowest BCUT2D eigenvalue weighted by atomic mass is 9.74. The molecule has 2 atom stereocenters. The van der Waals surface area contributed by atoms with Crippen molar-refractivity contribution in [3.8, 4) is 0 Å². The van der Waals surface area contributed by atoms with E-state index >= 15 is 0 Å². The zero-order valence-corrected chi connectivity index (χ0v) is 9.35. The van der Waals surface area contributed by atoms with Crippen LogP contribution in [-0.4, -0.2) is 5.54 Å². The molecule has 80 valence electrons. The smallest absolute Gasteiger partial charge is 0.0424 e. The molecule has 2 N–H and O–H groups in total. The average Bonchev–Trinajstić information content (AvgIpc) is 2.29. The van der Waals surface area contributed by atoms with Gasteiger partial charge in [-0.3, -0.25) is 0 Å². The normalized spacial score (nSPS) is 30.6. The fraction of sp³-hybridized carbons (Fsp3) is 0.200. The number of benzene rings is 1. The summed E-state index contributed by atoms with van der Waals surface area (Å²) in [6, 6.07) is 8.46. The molecule has 0 bridgehead atoms. The molecule has 2 unspecified atom stereocenters. The quantitative estimate of drug-likeness (QED) is 0.680. The van der Waals surface area contributed by atoms with Gasteiger partial charge < -0.3 is 5.73 Å². The van der Waals surface area contributed by atoms with Crippen LogP contribution in [0.15, 0.2) is 48.6 Å². The van der Waals surface area contributed by atoms with Crippen molar-refractivity contribution in [1.29, 1.82) is 0 Å². The van der Waals surface area contributed by atoms with Gasteiger partial charge in [-0.05, 0) is 22.9 Å². The van der Waals surface area contributed by atoms with Crippen LogP contribution in [0.25, 0.3) is 11.6 Å². The van der Waals surface area contributed by atoms with E-state index in [0.29, 0.717) is 5.92 Å². The number of allylic oxidation sites excluding steroid dienone is 3. The molecule has 2 aliphatic rings. The van der Waals surface area contributed by atoms with Crippen molar-refractivity contribution in [3.05, 3.63) is 59.0 Å². The first-order valence-electron chi connectivity index (χ1n) is 5.64. The van der Waals surface area contributed by atoms with Crippen molar-refractivity contribution in [1.82, 2.24) is 0 Å². The van der Waals surface area contributed by atoms with E-state index in [4.69, 9.17) is 5.73 Å². The first-order valence-corrected chi connectivity index (χ1v) is 5.64. The molecule has 16 heavy (non-hydrogen) atoms. The maximum atomic E-state index is 6.39.